The van der Waals surface area contributed by atoms with Crippen molar-refractivity contribution in [3.8, 4) is 0 Å². The van der Waals surface area contributed by atoms with Crippen LogP contribution in [0, 0.1) is 0 Å². The van der Waals surface area contributed by atoms with Crippen molar-refractivity contribution >= 4 is 18.6 Å². The highest BCUT2D eigenvalue weighted by Gasteiger charge is 2.02. The molecule has 3 heteroatoms. The Balaban J connectivity index is 0.00000137. The van der Waals surface area contributed by atoms with Crippen molar-refractivity contribution in [2.75, 3.05) is 7.11 Å². The summed E-state index contributed by atoms with van der Waals surface area (Å²) in [6.45, 7) is 12.1. The molecule has 0 aliphatic rings. The summed E-state index contributed by atoms with van der Waals surface area (Å²) in [6, 6.07) is 1.89. The summed E-state index contributed by atoms with van der Waals surface area (Å²) < 4.78 is 6.48. The van der Waals surface area contributed by atoms with Gasteiger partial charge in [-0.05, 0) is 31.2 Å². The number of allylic oxidation sites excluding steroid dienone is 2. The predicted molar refractivity (Wildman–Crippen MR) is 76.5 cm³/mol. The van der Waals surface area contributed by atoms with Gasteiger partial charge in [0.1, 0.15) is 6.54 Å². The first kappa shape index (κ1) is 16.2. The zero-order valence-electron chi connectivity index (χ0n) is 12.0. The molecule has 0 atom stereocenters. The Hall–Kier alpha value is -1.77. The Kier molecular flexibility index (Phi) is 7.52. The standard InChI is InChI=1S/C13H17NO2.C2H6/c1-5-10(2)8-12-11(3)6-7-14(12)9-13(15)16-4;1-2/h5-8H,3,9H2,1-2,4H3;1-2H3/b10-5-,12-8+;. The van der Waals surface area contributed by atoms with Crippen LogP contribution >= 0.6 is 0 Å². The highest BCUT2D eigenvalue weighted by molar-refractivity contribution is 5.69. The molecule has 0 N–H and O–H groups in total. The maximum absolute atomic E-state index is 11.2. The summed E-state index contributed by atoms with van der Waals surface area (Å²) in [4.78, 5) is 11.2. The molecule has 0 spiro atoms. The van der Waals surface area contributed by atoms with Gasteiger partial charge in [0.15, 0.2) is 0 Å². The van der Waals surface area contributed by atoms with E-state index in [-0.39, 0.29) is 12.5 Å². The Morgan fingerprint density at radius 2 is 2.11 bits per heavy atom. The number of nitrogens with zero attached hydrogens (tertiary/aromatic N) is 1. The lowest BCUT2D eigenvalue weighted by molar-refractivity contribution is -0.141. The second kappa shape index (κ2) is 8.34. The van der Waals surface area contributed by atoms with Gasteiger partial charge in [0.2, 0.25) is 0 Å². The Bertz CT molecular complexity index is 509. The first-order chi connectivity index (χ1) is 8.58. The van der Waals surface area contributed by atoms with Crippen molar-refractivity contribution in [1.82, 2.24) is 4.57 Å². The van der Waals surface area contributed by atoms with Crippen LogP contribution in [0.15, 0.2) is 23.9 Å². The van der Waals surface area contributed by atoms with Crippen LogP contribution in [-0.4, -0.2) is 17.6 Å². The van der Waals surface area contributed by atoms with E-state index in [9.17, 15) is 4.79 Å². The van der Waals surface area contributed by atoms with Crippen molar-refractivity contribution in [2.24, 2.45) is 0 Å². The fraction of sp³-hybridized carbons (Fsp3) is 0.400. The minimum atomic E-state index is -0.261. The molecule has 1 aromatic rings. The van der Waals surface area contributed by atoms with Crippen LogP contribution in [0.4, 0.5) is 0 Å². The summed E-state index contributed by atoms with van der Waals surface area (Å²) in [5, 5.41) is 1.85. The lowest BCUT2D eigenvalue weighted by Gasteiger charge is -2.02. The molecule has 0 amide bonds. The zero-order valence-corrected chi connectivity index (χ0v) is 12.0. The third-order valence-corrected chi connectivity index (χ3v) is 2.44. The van der Waals surface area contributed by atoms with Gasteiger partial charge in [0.25, 0.3) is 0 Å². The van der Waals surface area contributed by atoms with Gasteiger partial charge in [0.05, 0.1) is 7.11 Å². The van der Waals surface area contributed by atoms with Gasteiger partial charge in [-0.3, -0.25) is 4.79 Å². The normalized spacial score (nSPS) is 11.8. The number of esters is 1. The third kappa shape index (κ3) is 4.62. The second-order valence-electron chi connectivity index (χ2n) is 3.61. The molecule has 1 heterocycles. The van der Waals surface area contributed by atoms with E-state index in [2.05, 4.69) is 11.3 Å². The van der Waals surface area contributed by atoms with Crippen LogP contribution < -0.4 is 10.6 Å². The van der Waals surface area contributed by atoms with Gasteiger partial charge >= 0.3 is 5.97 Å². The number of aromatic nitrogens is 1. The van der Waals surface area contributed by atoms with Crippen molar-refractivity contribution in [3.05, 3.63) is 34.5 Å². The van der Waals surface area contributed by atoms with E-state index < -0.39 is 0 Å². The van der Waals surface area contributed by atoms with Crippen molar-refractivity contribution in [2.45, 2.75) is 34.2 Å². The van der Waals surface area contributed by atoms with E-state index >= 15 is 0 Å². The van der Waals surface area contributed by atoms with E-state index in [1.54, 1.807) is 0 Å². The number of ether oxygens (including phenoxy) is 1. The molecule has 3 nitrogen and oxygen atoms in total. The minimum Gasteiger partial charge on any atom is -0.468 e. The molecule has 100 valence electrons. The van der Waals surface area contributed by atoms with E-state index in [0.29, 0.717) is 0 Å². The van der Waals surface area contributed by atoms with Gasteiger partial charge in [0, 0.05) is 11.5 Å². The predicted octanol–water partition coefficient (Wildman–Crippen LogP) is 1.84. The first-order valence-corrected chi connectivity index (χ1v) is 6.14. The Morgan fingerprint density at radius 1 is 1.50 bits per heavy atom. The molecule has 0 radical (unpaired) electrons. The Morgan fingerprint density at radius 3 is 2.61 bits per heavy atom. The van der Waals surface area contributed by atoms with Crippen molar-refractivity contribution in [3.63, 3.8) is 0 Å². The summed E-state index contributed by atoms with van der Waals surface area (Å²) >= 11 is 0. The quantitative estimate of drug-likeness (QED) is 0.765. The van der Waals surface area contributed by atoms with Crippen molar-refractivity contribution in [1.29, 1.82) is 0 Å². The number of rotatable bonds is 3. The zero-order chi connectivity index (χ0) is 14.1. The molecule has 0 aliphatic heterocycles. The van der Waals surface area contributed by atoms with Gasteiger partial charge in [-0.25, -0.2) is 0 Å². The summed E-state index contributed by atoms with van der Waals surface area (Å²) in [6.07, 6.45) is 5.86. The Labute approximate surface area is 109 Å². The smallest absolute Gasteiger partial charge is 0.325 e. The highest BCUT2D eigenvalue weighted by Crippen LogP contribution is 1.92. The molecule has 0 saturated carbocycles. The molecular weight excluding hydrogens is 226 g/mol. The number of methoxy groups -OCH3 is 1. The van der Waals surface area contributed by atoms with Crippen LogP contribution in [0.5, 0.6) is 0 Å². The number of carbonyl (C=O) groups is 1. The van der Waals surface area contributed by atoms with Crippen LogP contribution in [0.3, 0.4) is 0 Å². The van der Waals surface area contributed by atoms with Crippen LogP contribution in [0.1, 0.15) is 27.7 Å². The van der Waals surface area contributed by atoms with Crippen molar-refractivity contribution < 1.29 is 9.53 Å². The van der Waals surface area contributed by atoms with E-state index in [4.69, 9.17) is 0 Å². The van der Waals surface area contributed by atoms with E-state index in [0.717, 1.165) is 16.1 Å². The van der Waals surface area contributed by atoms with Crippen LogP contribution in [0.2, 0.25) is 0 Å². The van der Waals surface area contributed by atoms with Gasteiger partial charge in [-0.2, -0.15) is 0 Å². The first-order valence-electron chi connectivity index (χ1n) is 6.14. The van der Waals surface area contributed by atoms with E-state index in [1.807, 2.05) is 56.7 Å². The lowest BCUT2D eigenvalue weighted by atomic mass is 10.2. The minimum absolute atomic E-state index is 0.217. The van der Waals surface area contributed by atoms with Gasteiger partial charge < -0.3 is 9.30 Å². The summed E-state index contributed by atoms with van der Waals surface area (Å²) in [5.74, 6) is -0.261. The number of carbonyl (C=O) groups excluding carboxylic acids is 1. The number of hydrogen-bond acceptors (Lipinski definition) is 2. The second-order valence-corrected chi connectivity index (χ2v) is 3.61. The van der Waals surface area contributed by atoms with Crippen LogP contribution in [0.25, 0.3) is 12.7 Å². The lowest BCUT2D eigenvalue weighted by Crippen LogP contribution is -2.30. The average Bonchev–Trinajstić information content (AvgIpc) is 2.73. The van der Waals surface area contributed by atoms with Gasteiger partial charge in [-0.15, -0.1) is 0 Å². The average molecular weight is 249 g/mol. The maximum atomic E-state index is 11.2. The molecule has 18 heavy (non-hydrogen) atoms. The maximum Gasteiger partial charge on any atom is 0.325 e. The monoisotopic (exact) mass is 249 g/mol. The number of hydrogen-bond donors (Lipinski definition) is 0. The van der Waals surface area contributed by atoms with Gasteiger partial charge in [-0.1, -0.05) is 32.1 Å². The topological polar surface area (TPSA) is 31.2 Å². The molecule has 1 aromatic heterocycles. The molecule has 1 rings (SSSR count). The molecule has 0 unspecified atom stereocenters. The summed E-state index contributed by atoms with van der Waals surface area (Å²) in [7, 11) is 1.39. The molecule has 0 aromatic carbocycles. The highest BCUT2D eigenvalue weighted by atomic mass is 16.5. The molecule has 0 bridgehead atoms. The fourth-order valence-electron chi connectivity index (χ4n) is 1.35. The van der Waals surface area contributed by atoms with Crippen LogP contribution in [-0.2, 0) is 16.1 Å². The molecule has 0 fully saturated rings. The molecular formula is C15H23NO2. The molecule has 0 saturated heterocycles. The van der Waals surface area contributed by atoms with E-state index in [1.165, 1.54) is 7.11 Å². The summed E-state index contributed by atoms with van der Waals surface area (Å²) in [5.41, 5.74) is 1.13. The molecule has 0 aliphatic carbocycles. The SMILES string of the molecule is C=c1ccn(CC(=O)OC)/c1=C/C(C)=C\C.CC. The fourth-order valence-corrected chi connectivity index (χ4v) is 1.35. The largest absolute Gasteiger partial charge is 0.468 e. The third-order valence-electron chi connectivity index (χ3n) is 2.44.